The van der Waals surface area contributed by atoms with Crippen molar-refractivity contribution in [2.45, 2.75) is 10.6 Å². The molecule has 130 valence electrons. The number of likely N-dealkylation sites (N-methyl/N-ethyl adjacent to an activating group) is 1. The molecule has 1 fully saturated rings. The van der Waals surface area contributed by atoms with Gasteiger partial charge in [-0.1, -0.05) is 48.0 Å². The minimum Gasteiger partial charge on any atom is -0.304 e. The second kappa shape index (κ2) is 7.55. The second-order valence-electron chi connectivity index (χ2n) is 6.81. The van der Waals surface area contributed by atoms with E-state index in [1.807, 2.05) is 17.8 Å². The van der Waals surface area contributed by atoms with Gasteiger partial charge in [-0.3, -0.25) is 4.90 Å². The predicted molar refractivity (Wildman–Crippen MR) is 108 cm³/mol. The van der Waals surface area contributed by atoms with Crippen LogP contribution in [0, 0.1) is 0 Å². The maximum absolute atomic E-state index is 6.26. The highest BCUT2D eigenvalue weighted by Crippen LogP contribution is 2.41. The van der Waals surface area contributed by atoms with Gasteiger partial charge in [0, 0.05) is 48.4 Å². The summed E-state index contributed by atoms with van der Waals surface area (Å²) in [6, 6.07) is 15.1. The summed E-state index contributed by atoms with van der Waals surface area (Å²) in [4.78, 5) is 6.23. The smallest absolute Gasteiger partial charge is 0.0417 e. The minimum absolute atomic E-state index is 0.815. The van der Waals surface area contributed by atoms with Crippen LogP contribution in [0.4, 0.5) is 0 Å². The lowest BCUT2D eigenvalue weighted by atomic mass is 9.94. The van der Waals surface area contributed by atoms with Crippen LogP contribution >= 0.6 is 23.4 Å². The zero-order valence-corrected chi connectivity index (χ0v) is 16.1. The number of nitrogens with zero attached hydrogens (tertiary/aromatic N) is 2. The van der Waals surface area contributed by atoms with Crippen molar-refractivity contribution in [3.05, 3.63) is 70.3 Å². The molecule has 0 spiro atoms. The van der Waals surface area contributed by atoms with E-state index in [4.69, 9.17) is 11.6 Å². The van der Waals surface area contributed by atoms with Crippen molar-refractivity contribution in [1.82, 2.24) is 9.80 Å². The molecular formula is C21H23ClN2S. The summed E-state index contributed by atoms with van der Waals surface area (Å²) >= 11 is 8.14. The molecule has 2 aliphatic heterocycles. The summed E-state index contributed by atoms with van der Waals surface area (Å²) in [5, 5.41) is 0.815. The van der Waals surface area contributed by atoms with Crippen LogP contribution in [0.2, 0.25) is 5.02 Å². The van der Waals surface area contributed by atoms with E-state index in [0.717, 1.165) is 43.5 Å². The van der Waals surface area contributed by atoms with Crippen LogP contribution in [0.25, 0.3) is 5.57 Å². The van der Waals surface area contributed by atoms with Gasteiger partial charge in [-0.25, -0.2) is 0 Å². The molecule has 2 nitrogen and oxygen atoms in total. The molecule has 4 rings (SSSR count). The van der Waals surface area contributed by atoms with E-state index in [9.17, 15) is 0 Å². The van der Waals surface area contributed by atoms with Crippen molar-refractivity contribution in [2.75, 3.05) is 39.8 Å². The Morgan fingerprint density at radius 1 is 1.04 bits per heavy atom. The Labute approximate surface area is 159 Å². The fourth-order valence-corrected chi connectivity index (χ4v) is 4.86. The van der Waals surface area contributed by atoms with Gasteiger partial charge in [0.05, 0.1) is 0 Å². The largest absolute Gasteiger partial charge is 0.304 e. The highest BCUT2D eigenvalue weighted by atomic mass is 35.5. The molecule has 2 aromatic rings. The van der Waals surface area contributed by atoms with Gasteiger partial charge in [-0.15, -0.1) is 11.8 Å². The number of rotatable bonds is 2. The van der Waals surface area contributed by atoms with Crippen LogP contribution in [0.15, 0.2) is 53.4 Å². The first-order chi connectivity index (χ1) is 12.2. The van der Waals surface area contributed by atoms with Crippen LogP contribution in [-0.2, 0) is 5.75 Å². The van der Waals surface area contributed by atoms with Crippen LogP contribution in [0.5, 0.6) is 0 Å². The summed E-state index contributed by atoms with van der Waals surface area (Å²) in [5.41, 5.74) is 5.44. The maximum atomic E-state index is 6.26. The summed E-state index contributed by atoms with van der Waals surface area (Å²) in [5.74, 6) is 0.995. The van der Waals surface area contributed by atoms with Crippen molar-refractivity contribution in [3.63, 3.8) is 0 Å². The van der Waals surface area contributed by atoms with Crippen LogP contribution < -0.4 is 0 Å². The van der Waals surface area contributed by atoms with Gasteiger partial charge in [0.15, 0.2) is 0 Å². The molecule has 2 heterocycles. The Balaban J connectivity index is 1.70. The fourth-order valence-electron chi connectivity index (χ4n) is 3.52. The van der Waals surface area contributed by atoms with E-state index in [1.165, 1.54) is 27.2 Å². The van der Waals surface area contributed by atoms with Crippen molar-refractivity contribution in [3.8, 4) is 0 Å². The van der Waals surface area contributed by atoms with Gasteiger partial charge >= 0.3 is 0 Å². The molecule has 0 bridgehead atoms. The van der Waals surface area contributed by atoms with Gasteiger partial charge < -0.3 is 4.90 Å². The fraction of sp³-hybridized carbons (Fsp3) is 0.333. The first kappa shape index (κ1) is 17.2. The third kappa shape index (κ3) is 3.80. The molecule has 0 aliphatic carbocycles. The van der Waals surface area contributed by atoms with Crippen molar-refractivity contribution in [1.29, 1.82) is 0 Å². The topological polar surface area (TPSA) is 6.48 Å². The molecule has 0 amide bonds. The molecule has 25 heavy (non-hydrogen) atoms. The normalized spacial score (nSPS) is 20.2. The van der Waals surface area contributed by atoms with Gasteiger partial charge in [0.1, 0.15) is 0 Å². The number of hydrogen-bond donors (Lipinski definition) is 0. The molecule has 2 aromatic carbocycles. The average molecular weight is 371 g/mol. The van der Waals surface area contributed by atoms with Gasteiger partial charge in [-0.2, -0.15) is 0 Å². The SMILES string of the molecule is CN1CCN(C/C=C2\c3ccccc3CSc3cc(Cl)ccc32)CC1. The monoisotopic (exact) mass is 370 g/mol. The average Bonchev–Trinajstić information content (AvgIpc) is 2.78. The van der Waals surface area contributed by atoms with Crippen LogP contribution in [0.1, 0.15) is 16.7 Å². The summed E-state index contributed by atoms with van der Waals surface area (Å²) < 4.78 is 0. The molecule has 4 heteroatoms. The van der Waals surface area contributed by atoms with Gasteiger partial charge in [0.2, 0.25) is 0 Å². The van der Waals surface area contributed by atoms with Crippen LogP contribution in [-0.4, -0.2) is 49.6 Å². The van der Waals surface area contributed by atoms with E-state index < -0.39 is 0 Å². The summed E-state index contributed by atoms with van der Waals surface area (Å²) in [6.45, 7) is 5.60. The van der Waals surface area contributed by atoms with E-state index >= 15 is 0 Å². The third-order valence-electron chi connectivity index (χ3n) is 5.07. The Kier molecular flexibility index (Phi) is 5.18. The van der Waals surface area contributed by atoms with Gasteiger partial charge in [0.25, 0.3) is 0 Å². The number of halogens is 1. The number of fused-ring (bicyclic) bond motifs is 2. The van der Waals surface area contributed by atoms with Crippen molar-refractivity contribution in [2.24, 2.45) is 0 Å². The summed E-state index contributed by atoms with van der Waals surface area (Å²) in [6.07, 6.45) is 2.42. The molecule has 0 unspecified atom stereocenters. The quantitative estimate of drug-likeness (QED) is 0.761. The Morgan fingerprint density at radius 2 is 1.84 bits per heavy atom. The lowest BCUT2D eigenvalue weighted by Crippen LogP contribution is -2.44. The predicted octanol–water partition coefficient (Wildman–Crippen LogP) is 4.62. The molecule has 2 aliphatic rings. The lowest BCUT2D eigenvalue weighted by Gasteiger charge is -2.31. The van der Waals surface area contributed by atoms with E-state index in [1.54, 1.807) is 0 Å². The first-order valence-electron chi connectivity index (χ1n) is 8.83. The molecule has 1 saturated heterocycles. The number of thioether (sulfide) groups is 1. The highest BCUT2D eigenvalue weighted by molar-refractivity contribution is 7.98. The number of benzene rings is 2. The Bertz CT molecular complexity index is 794. The van der Waals surface area contributed by atoms with Crippen molar-refractivity contribution >= 4 is 28.9 Å². The molecule has 0 N–H and O–H groups in total. The van der Waals surface area contributed by atoms with Crippen molar-refractivity contribution < 1.29 is 0 Å². The van der Waals surface area contributed by atoms with E-state index in [-0.39, 0.29) is 0 Å². The molecule has 0 aromatic heterocycles. The maximum Gasteiger partial charge on any atom is 0.0417 e. The third-order valence-corrected chi connectivity index (χ3v) is 6.41. The number of piperazine rings is 1. The number of hydrogen-bond acceptors (Lipinski definition) is 3. The van der Waals surface area contributed by atoms with E-state index in [0.29, 0.717) is 0 Å². The van der Waals surface area contributed by atoms with Crippen LogP contribution in [0.3, 0.4) is 0 Å². The zero-order valence-electron chi connectivity index (χ0n) is 14.5. The highest BCUT2D eigenvalue weighted by Gasteiger charge is 2.19. The lowest BCUT2D eigenvalue weighted by molar-refractivity contribution is 0.166. The summed E-state index contributed by atoms with van der Waals surface area (Å²) in [7, 11) is 2.20. The van der Waals surface area contributed by atoms with E-state index in [2.05, 4.69) is 59.3 Å². The Morgan fingerprint density at radius 3 is 2.68 bits per heavy atom. The molecule has 0 atom stereocenters. The zero-order chi connectivity index (χ0) is 17.2. The molecule has 0 radical (unpaired) electrons. The first-order valence-corrected chi connectivity index (χ1v) is 10.2. The second-order valence-corrected chi connectivity index (χ2v) is 8.26. The Hall–Kier alpha value is -1.26. The minimum atomic E-state index is 0.815. The standard InChI is InChI=1S/C21H23ClN2S/c1-23-10-12-24(13-11-23)9-8-19-18-5-3-2-4-16(18)15-25-21-14-17(22)6-7-20(19)21/h2-8,14H,9-13,15H2,1H3/b19-8+. The van der Waals surface area contributed by atoms with Gasteiger partial charge in [-0.05, 0) is 41.4 Å². The molecule has 0 saturated carbocycles. The molecular weight excluding hydrogens is 348 g/mol.